The first-order valence-corrected chi connectivity index (χ1v) is 5.15. The first kappa shape index (κ1) is 11.4. The molecule has 0 aromatic carbocycles. The number of ether oxygens (including phenoxy) is 1. The zero-order valence-corrected chi connectivity index (χ0v) is 9.29. The average Bonchev–Trinajstić information content (AvgIpc) is 2.72. The van der Waals surface area contributed by atoms with Crippen molar-refractivity contribution in [1.29, 1.82) is 0 Å². The fraction of sp³-hybridized carbons (Fsp3) is 0.364. The molecule has 0 radical (unpaired) electrons. The molecule has 1 amide bonds. The minimum atomic E-state index is -0.955. The van der Waals surface area contributed by atoms with Gasteiger partial charge in [0.1, 0.15) is 11.6 Å². The Bertz CT molecular complexity index is 461. The Morgan fingerprint density at radius 2 is 2.41 bits per heavy atom. The lowest BCUT2D eigenvalue weighted by Crippen LogP contribution is -2.26. The molecule has 1 aliphatic heterocycles. The summed E-state index contributed by atoms with van der Waals surface area (Å²) in [6.07, 6.45) is 1.55. The summed E-state index contributed by atoms with van der Waals surface area (Å²) in [5, 5.41) is 8.87. The second-order valence-electron chi connectivity index (χ2n) is 3.80. The van der Waals surface area contributed by atoms with Crippen molar-refractivity contribution in [3.8, 4) is 5.75 Å². The summed E-state index contributed by atoms with van der Waals surface area (Å²) in [6, 6.07) is 3.28. The van der Waals surface area contributed by atoms with Gasteiger partial charge in [0.25, 0.3) is 0 Å². The van der Waals surface area contributed by atoms with Crippen LogP contribution in [0.5, 0.6) is 5.75 Å². The average molecular weight is 236 g/mol. The van der Waals surface area contributed by atoms with Crippen molar-refractivity contribution in [3.05, 3.63) is 18.3 Å². The topological polar surface area (TPSA) is 79.7 Å². The van der Waals surface area contributed by atoms with Gasteiger partial charge in [0.2, 0.25) is 5.91 Å². The molecule has 2 heterocycles. The van der Waals surface area contributed by atoms with E-state index in [2.05, 4.69) is 4.98 Å². The van der Waals surface area contributed by atoms with Crippen molar-refractivity contribution in [1.82, 2.24) is 4.98 Å². The summed E-state index contributed by atoms with van der Waals surface area (Å²) >= 11 is 0. The number of carbonyl (C=O) groups excluding carboxylic acids is 1. The molecular formula is C11H12N2O4. The maximum atomic E-state index is 11.7. The number of aliphatic carboxylic acids is 1. The molecule has 1 aliphatic rings. The number of methoxy groups -OCH3 is 1. The third-order valence-corrected chi connectivity index (χ3v) is 2.70. The fourth-order valence-corrected chi connectivity index (χ4v) is 1.77. The molecule has 1 saturated heterocycles. The highest BCUT2D eigenvalue weighted by Gasteiger charge is 2.35. The molecule has 0 spiro atoms. The lowest BCUT2D eigenvalue weighted by atomic mass is 10.1. The summed E-state index contributed by atoms with van der Waals surface area (Å²) in [6.45, 7) is 0.161. The Balaban J connectivity index is 2.22. The van der Waals surface area contributed by atoms with E-state index in [1.165, 1.54) is 18.2 Å². The molecule has 6 heteroatoms. The molecule has 17 heavy (non-hydrogen) atoms. The van der Waals surface area contributed by atoms with E-state index in [-0.39, 0.29) is 18.9 Å². The minimum Gasteiger partial charge on any atom is -0.497 e. The highest BCUT2D eigenvalue weighted by Crippen LogP contribution is 2.25. The Kier molecular flexibility index (Phi) is 2.95. The molecular weight excluding hydrogens is 224 g/mol. The van der Waals surface area contributed by atoms with Crippen LogP contribution in [0, 0.1) is 5.92 Å². The maximum absolute atomic E-state index is 11.7. The van der Waals surface area contributed by atoms with Gasteiger partial charge in [-0.25, -0.2) is 4.98 Å². The van der Waals surface area contributed by atoms with Crippen molar-refractivity contribution in [2.24, 2.45) is 5.92 Å². The summed E-state index contributed by atoms with van der Waals surface area (Å²) < 4.78 is 5.03. The summed E-state index contributed by atoms with van der Waals surface area (Å²) in [4.78, 5) is 27.9. The smallest absolute Gasteiger partial charge is 0.308 e. The summed E-state index contributed by atoms with van der Waals surface area (Å²) in [5.41, 5.74) is 0. The van der Waals surface area contributed by atoms with Crippen molar-refractivity contribution in [3.63, 3.8) is 0 Å². The zero-order valence-electron chi connectivity index (χ0n) is 9.29. The van der Waals surface area contributed by atoms with Gasteiger partial charge in [-0.3, -0.25) is 14.5 Å². The monoisotopic (exact) mass is 236 g/mol. The molecule has 0 bridgehead atoms. The lowest BCUT2D eigenvalue weighted by Gasteiger charge is -2.15. The van der Waals surface area contributed by atoms with Gasteiger partial charge in [0, 0.05) is 25.2 Å². The molecule has 1 unspecified atom stereocenters. The van der Waals surface area contributed by atoms with Crippen LogP contribution in [0.2, 0.25) is 0 Å². The van der Waals surface area contributed by atoms with Gasteiger partial charge in [-0.1, -0.05) is 0 Å². The predicted molar refractivity (Wildman–Crippen MR) is 58.9 cm³/mol. The van der Waals surface area contributed by atoms with Crippen molar-refractivity contribution < 1.29 is 19.4 Å². The van der Waals surface area contributed by atoms with Crippen LogP contribution < -0.4 is 9.64 Å². The summed E-state index contributed by atoms with van der Waals surface area (Å²) in [7, 11) is 1.52. The van der Waals surface area contributed by atoms with Gasteiger partial charge in [0.05, 0.1) is 13.0 Å². The molecule has 2 rings (SSSR count). The largest absolute Gasteiger partial charge is 0.497 e. The first-order valence-electron chi connectivity index (χ1n) is 5.15. The normalized spacial score (nSPS) is 19.5. The molecule has 1 aromatic heterocycles. The van der Waals surface area contributed by atoms with Crippen LogP contribution in [-0.2, 0) is 9.59 Å². The number of carboxylic acid groups (broad SMARTS) is 1. The van der Waals surface area contributed by atoms with Crippen LogP contribution in [0.15, 0.2) is 18.3 Å². The Morgan fingerprint density at radius 1 is 1.65 bits per heavy atom. The molecule has 1 fully saturated rings. The van der Waals surface area contributed by atoms with Gasteiger partial charge in [-0.15, -0.1) is 0 Å². The van der Waals surface area contributed by atoms with Crippen LogP contribution >= 0.6 is 0 Å². The quantitative estimate of drug-likeness (QED) is 0.827. The van der Waals surface area contributed by atoms with Crippen LogP contribution in [0.3, 0.4) is 0 Å². The van der Waals surface area contributed by atoms with Gasteiger partial charge in [0.15, 0.2) is 0 Å². The number of hydrogen-bond acceptors (Lipinski definition) is 4. The van der Waals surface area contributed by atoms with E-state index < -0.39 is 11.9 Å². The third-order valence-electron chi connectivity index (χ3n) is 2.70. The van der Waals surface area contributed by atoms with Crippen LogP contribution in [0.1, 0.15) is 6.42 Å². The zero-order chi connectivity index (χ0) is 12.4. The Morgan fingerprint density at radius 3 is 3.00 bits per heavy atom. The molecule has 90 valence electrons. The van der Waals surface area contributed by atoms with E-state index in [1.807, 2.05) is 0 Å². The third kappa shape index (κ3) is 2.20. The second kappa shape index (κ2) is 4.40. The molecule has 1 aromatic rings. The highest BCUT2D eigenvalue weighted by molar-refractivity contribution is 5.98. The first-order chi connectivity index (χ1) is 8.11. The molecule has 1 N–H and O–H groups in total. The predicted octanol–water partition coefficient (Wildman–Crippen LogP) is 0.528. The van der Waals surface area contributed by atoms with Gasteiger partial charge >= 0.3 is 5.97 Å². The van der Waals surface area contributed by atoms with E-state index >= 15 is 0 Å². The lowest BCUT2D eigenvalue weighted by molar-refractivity contribution is -0.141. The minimum absolute atomic E-state index is 0.0220. The van der Waals surface area contributed by atoms with Crippen LogP contribution in [-0.4, -0.2) is 35.6 Å². The van der Waals surface area contributed by atoms with Crippen molar-refractivity contribution >= 4 is 17.7 Å². The number of pyridine rings is 1. The van der Waals surface area contributed by atoms with E-state index in [0.29, 0.717) is 11.6 Å². The Labute approximate surface area is 97.8 Å². The number of carbonyl (C=O) groups is 2. The molecule has 0 saturated carbocycles. The molecule has 0 aliphatic carbocycles. The number of anilines is 1. The van der Waals surface area contributed by atoms with Crippen molar-refractivity contribution in [2.45, 2.75) is 6.42 Å². The number of amides is 1. The highest BCUT2D eigenvalue weighted by atomic mass is 16.5. The standard InChI is InChI=1S/C11H12N2O4/c1-17-8-2-3-12-9(5-8)13-6-7(11(15)16)4-10(13)14/h2-3,5,7H,4,6H2,1H3,(H,15,16). The number of rotatable bonds is 3. The fourth-order valence-electron chi connectivity index (χ4n) is 1.77. The van der Waals surface area contributed by atoms with Crippen molar-refractivity contribution in [2.75, 3.05) is 18.6 Å². The SMILES string of the molecule is COc1ccnc(N2CC(C(=O)O)CC2=O)c1. The second-order valence-corrected chi connectivity index (χ2v) is 3.80. The summed E-state index contributed by atoms with van der Waals surface area (Å²) in [5.74, 6) is -0.822. The van der Waals surface area contributed by atoms with Crippen LogP contribution in [0.4, 0.5) is 5.82 Å². The van der Waals surface area contributed by atoms with E-state index in [1.54, 1.807) is 12.1 Å². The number of hydrogen-bond donors (Lipinski definition) is 1. The van der Waals surface area contributed by atoms with Gasteiger partial charge in [-0.2, -0.15) is 0 Å². The number of aromatic nitrogens is 1. The molecule has 1 atom stereocenters. The Hall–Kier alpha value is -2.11. The van der Waals surface area contributed by atoms with E-state index in [0.717, 1.165) is 0 Å². The number of nitrogens with zero attached hydrogens (tertiary/aromatic N) is 2. The van der Waals surface area contributed by atoms with Gasteiger partial charge < -0.3 is 9.84 Å². The van der Waals surface area contributed by atoms with Gasteiger partial charge in [-0.05, 0) is 6.07 Å². The van der Waals surface area contributed by atoms with E-state index in [9.17, 15) is 9.59 Å². The van der Waals surface area contributed by atoms with E-state index in [4.69, 9.17) is 9.84 Å². The van der Waals surface area contributed by atoms with Crippen LogP contribution in [0.25, 0.3) is 0 Å². The molecule has 6 nitrogen and oxygen atoms in total. The number of carboxylic acids is 1. The maximum Gasteiger partial charge on any atom is 0.308 e.